The molecule has 1 unspecified atom stereocenters. The first-order valence-electron chi connectivity index (χ1n) is 2.35. The van der Waals surface area contributed by atoms with Crippen LogP contribution in [-0.2, 0) is 9.09 Å². The van der Waals surface area contributed by atoms with Crippen LogP contribution in [0.4, 0.5) is 0 Å². The fourth-order valence-corrected chi connectivity index (χ4v) is 1.37. The van der Waals surface area contributed by atoms with Crippen LogP contribution in [0.5, 0.6) is 0 Å². The van der Waals surface area contributed by atoms with Crippen molar-refractivity contribution in [2.75, 3.05) is 0 Å². The number of rotatable bonds is 3. The van der Waals surface area contributed by atoms with Gasteiger partial charge >= 0.3 is 7.82 Å². The Morgan fingerprint density at radius 1 is 1.50 bits per heavy atom. The van der Waals surface area contributed by atoms with Crippen molar-refractivity contribution in [3.63, 3.8) is 0 Å². The second kappa shape index (κ2) is 4.18. The summed E-state index contributed by atoms with van der Waals surface area (Å²) in [6.45, 7) is 1.53. The maximum absolute atomic E-state index is 10.2. The molecule has 0 saturated carbocycles. The van der Waals surface area contributed by atoms with E-state index in [-0.39, 0.29) is 3.74 Å². The average molecular weight is 298 g/mol. The predicted molar refractivity (Wildman–Crippen MR) is 44.2 cm³/mol. The third-order valence-electron chi connectivity index (χ3n) is 0.658. The summed E-state index contributed by atoms with van der Waals surface area (Å²) in [5.41, 5.74) is 0. The molecule has 10 heavy (non-hydrogen) atoms. The summed E-state index contributed by atoms with van der Waals surface area (Å²) in [6.07, 6.45) is -0.569. The topological polar surface area (TPSA) is 66.8 Å². The Kier molecular flexibility index (Phi) is 4.63. The fraction of sp³-hybridized carbons (Fsp3) is 1.00. The quantitative estimate of drug-likeness (QED) is 0.613. The van der Waals surface area contributed by atoms with E-state index < -0.39 is 13.9 Å². The molecule has 0 heterocycles. The van der Waals surface area contributed by atoms with Gasteiger partial charge in [0.2, 0.25) is 0 Å². The second-order valence-corrected chi connectivity index (χ2v) is 6.03. The molecule has 0 fully saturated rings. The number of alkyl halides is 2. The molecule has 0 aliphatic rings. The Bertz CT molecular complexity index is 143. The number of phosphoric ester groups is 1. The van der Waals surface area contributed by atoms with E-state index in [0.717, 1.165) is 0 Å². The van der Waals surface area contributed by atoms with E-state index in [4.69, 9.17) is 9.79 Å². The predicted octanol–water partition coefficient (Wildman–Crippen LogP) is 1.60. The molecule has 2 N–H and O–H groups in total. The first-order chi connectivity index (χ1) is 4.33. The van der Waals surface area contributed by atoms with Crippen molar-refractivity contribution >= 4 is 39.7 Å². The molecule has 0 saturated heterocycles. The van der Waals surface area contributed by atoms with E-state index in [1.165, 1.54) is 6.92 Å². The Labute approximate surface area is 75.5 Å². The zero-order valence-corrected chi connectivity index (χ0v) is 9.14. The zero-order chi connectivity index (χ0) is 8.36. The minimum Gasteiger partial charge on any atom is -0.303 e. The highest BCUT2D eigenvalue weighted by atomic mass is 79.9. The van der Waals surface area contributed by atoms with Crippen LogP contribution in [0, 0.1) is 0 Å². The van der Waals surface area contributed by atoms with Crippen LogP contribution in [0.1, 0.15) is 6.92 Å². The van der Waals surface area contributed by atoms with Gasteiger partial charge in [0, 0.05) is 0 Å². The third-order valence-corrected chi connectivity index (χ3v) is 2.75. The Hall–Kier alpha value is 1.07. The minimum absolute atomic E-state index is 0.257. The van der Waals surface area contributed by atoms with Crippen LogP contribution in [0.2, 0.25) is 0 Å². The van der Waals surface area contributed by atoms with Gasteiger partial charge in [0.15, 0.2) is 0 Å². The first-order valence-corrected chi connectivity index (χ1v) is 5.71. The van der Waals surface area contributed by atoms with Crippen molar-refractivity contribution in [3.8, 4) is 0 Å². The molecule has 0 amide bonds. The molecule has 0 aromatic rings. The molecular formula is C3H7Br2O4P. The van der Waals surface area contributed by atoms with Gasteiger partial charge in [0.1, 0.15) is 0 Å². The van der Waals surface area contributed by atoms with Crippen molar-refractivity contribution in [1.82, 2.24) is 0 Å². The molecule has 4 nitrogen and oxygen atoms in total. The van der Waals surface area contributed by atoms with Gasteiger partial charge in [-0.1, -0.05) is 31.9 Å². The van der Waals surface area contributed by atoms with Crippen LogP contribution in [0.15, 0.2) is 0 Å². The lowest BCUT2D eigenvalue weighted by atomic mass is 10.5. The maximum atomic E-state index is 10.2. The summed E-state index contributed by atoms with van der Waals surface area (Å²) in [6, 6.07) is 0. The van der Waals surface area contributed by atoms with E-state index in [1.807, 2.05) is 0 Å². The summed E-state index contributed by atoms with van der Waals surface area (Å²) >= 11 is 6.08. The Morgan fingerprint density at radius 2 is 1.90 bits per heavy atom. The summed E-state index contributed by atoms with van der Waals surface area (Å²) in [4.78, 5) is 16.6. The lowest BCUT2D eigenvalue weighted by molar-refractivity contribution is 0.156. The van der Waals surface area contributed by atoms with Crippen molar-refractivity contribution in [2.24, 2.45) is 0 Å². The summed E-state index contributed by atoms with van der Waals surface area (Å²) in [5.74, 6) is 0. The molecule has 62 valence electrons. The van der Waals surface area contributed by atoms with Gasteiger partial charge in [-0.2, -0.15) is 0 Å². The standard InChI is InChI=1S/C3H7Br2O4P/c1-2(3(4)5)9-10(6,7)8/h2-3H,1H3,(H2,6,7,8). The third kappa shape index (κ3) is 5.82. The lowest BCUT2D eigenvalue weighted by Crippen LogP contribution is -2.13. The highest BCUT2D eigenvalue weighted by Crippen LogP contribution is 2.39. The van der Waals surface area contributed by atoms with Crippen molar-refractivity contribution in [3.05, 3.63) is 0 Å². The van der Waals surface area contributed by atoms with Crippen molar-refractivity contribution < 1.29 is 18.9 Å². The molecule has 0 aromatic heterocycles. The highest BCUT2D eigenvalue weighted by Gasteiger charge is 2.22. The Balaban J connectivity index is 3.80. The number of phosphoric acid groups is 1. The SMILES string of the molecule is CC(OP(=O)(O)O)C(Br)Br. The summed E-state index contributed by atoms with van der Waals surface area (Å²) in [5, 5.41) is 0. The molecule has 0 radical (unpaired) electrons. The van der Waals surface area contributed by atoms with Gasteiger partial charge in [-0.3, -0.25) is 4.52 Å². The smallest absolute Gasteiger partial charge is 0.303 e. The van der Waals surface area contributed by atoms with Gasteiger partial charge in [-0.15, -0.1) is 0 Å². The highest BCUT2D eigenvalue weighted by molar-refractivity contribution is 9.24. The maximum Gasteiger partial charge on any atom is 0.469 e. The van der Waals surface area contributed by atoms with Crippen molar-refractivity contribution in [2.45, 2.75) is 16.8 Å². The molecule has 0 aromatic carbocycles. The van der Waals surface area contributed by atoms with E-state index in [0.29, 0.717) is 0 Å². The van der Waals surface area contributed by atoms with Gasteiger partial charge in [-0.25, -0.2) is 4.57 Å². The summed E-state index contributed by atoms with van der Waals surface area (Å²) < 4.78 is 14.2. The molecule has 0 bridgehead atoms. The molecule has 7 heteroatoms. The first kappa shape index (κ1) is 11.1. The molecular weight excluding hydrogens is 291 g/mol. The van der Waals surface area contributed by atoms with E-state index in [2.05, 4.69) is 36.4 Å². The molecule has 0 aliphatic carbocycles. The van der Waals surface area contributed by atoms with E-state index in [1.54, 1.807) is 0 Å². The minimum atomic E-state index is -4.34. The van der Waals surface area contributed by atoms with Gasteiger partial charge in [-0.05, 0) is 6.92 Å². The number of hydrogen-bond acceptors (Lipinski definition) is 2. The number of hydrogen-bond donors (Lipinski definition) is 2. The van der Waals surface area contributed by atoms with Crippen LogP contribution in [-0.4, -0.2) is 19.6 Å². The van der Waals surface area contributed by atoms with Crippen LogP contribution in [0.3, 0.4) is 0 Å². The average Bonchev–Trinajstić information content (AvgIpc) is 1.60. The monoisotopic (exact) mass is 296 g/mol. The lowest BCUT2D eigenvalue weighted by Gasteiger charge is -2.13. The normalized spacial score (nSPS) is 15.8. The molecule has 0 rings (SSSR count). The zero-order valence-electron chi connectivity index (χ0n) is 5.07. The number of halogens is 2. The van der Waals surface area contributed by atoms with Crippen LogP contribution < -0.4 is 0 Å². The molecule has 0 spiro atoms. The van der Waals surface area contributed by atoms with Gasteiger partial charge < -0.3 is 9.79 Å². The van der Waals surface area contributed by atoms with E-state index in [9.17, 15) is 4.57 Å². The Morgan fingerprint density at radius 3 is 2.00 bits per heavy atom. The summed E-state index contributed by atoms with van der Waals surface area (Å²) in [7, 11) is -4.34. The van der Waals surface area contributed by atoms with Gasteiger partial charge in [0.25, 0.3) is 0 Å². The van der Waals surface area contributed by atoms with E-state index >= 15 is 0 Å². The molecule has 0 aliphatic heterocycles. The van der Waals surface area contributed by atoms with Crippen LogP contribution >= 0.6 is 39.7 Å². The second-order valence-electron chi connectivity index (χ2n) is 1.64. The largest absolute Gasteiger partial charge is 0.469 e. The van der Waals surface area contributed by atoms with Crippen LogP contribution in [0.25, 0.3) is 0 Å². The molecule has 1 atom stereocenters. The van der Waals surface area contributed by atoms with Gasteiger partial charge in [0.05, 0.1) is 9.84 Å². The van der Waals surface area contributed by atoms with Crippen molar-refractivity contribution in [1.29, 1.82) is 0 Å². The fourth-order valence-electron chi connectivity index (χ4n) is 0.263.